The van der Waals surface area contributed by atoms with E-state index in [0.717, 1.165) is 23.6 Å². The van der Waals surface area contributed by atoms with Gasteiger partial charge in [0.15, 0.2) is 0 Å². The van der Waals surface area contributed by atoms with Gasteiger partial charge in [0.1, 0.15) is 5.76 Å². The molecule has 1 heterocycles. The van der Waals surface area contributed by atoms with Crippen molar-refractivity contribution >= 4 is 0 Å². The minimum absolute atomic E-state index is 0.132. The molecule has 1 rings (SSSR count). The number of hydrogen-bond acceptors (Lipinski definition) is 4. The van der Waals surface area contributed by atoms with Crippen LogP contribution < -0.4 is 0 Å². The highest BCUT2D eigenvalue weighted by Crippen LogP contribution is 2.19. The molecule has 0 aromatic carbocycles. The predicted molar refractivity (Wildman–Crippen MR) is 58.6 cm³/mol. The topological polar surface area (TPSA) is 49.5 Å². The van der Waals surface area contributed by atoms with Crippen molar-refractivity contribution in [3.8, 4) is 0 Å². The summed E-state index contributed by atoms with van der Waals surface area (Å²) in [5.41, 5.74) is 1.81. The minimum atomic E-state index is -0.226. The molecule has 0 radical (unpaired) electrons. The summed E-state index contributed by atoms with van der Waals surface area (Å²) in [6, 6.07) is 0. The van der Waals surface area contributed by atoms with Crippen molar-refractivity contribution in [1.29, 1.82) is 0 Å². The van der Waals surface area contributed by atoms with Crippen LogP contribution in [0.2, 0.25) is 0 Å². The molecule has 15 heavy (non-hydrogen) atoms. The van der Waals surface area contributed by atoms with Crippen LogP contribution in [0.3, 0.4) is 0 Å². The molecule has 0 fully saturated rings. The SMILES string of the molecule is Cc1noc(C)c1CN(C)C(C)(C)CO. The number of nitrogens with zero attached hydrogens (tertiary/aromatic N) is 2. The average Bonchev–Trinajstić information content (AvgIpc) is 2.49. The molecular formula is C11H20N2O2. The number of aromatic nitrogens is 1. The monoisotopic (exact) mass is 212 g/mol. The summed E-state index contributed by atoms with van der Waals surface area (Å²) >= 11 is 0. The van der Waals surface area contributed by atoms with Gasteiger partial charge in [-0.1, -0.05) is 5.16 Å². The van der Waals surface area contributed by atoms with E-state index in [-0.39, 0.29) is 12.1 Å². The van der Waals surface area contributed by atoms with Crippen molar-refractivity contribution in [2.24, 2.45) is 0 Å². The second-order valence-electron chi connectivity index (χ2n) is 4.63. The maximum atomic E-state index is 9.25. The van der Waals surface area contributed by atoms with Gasteiger partial charge < -0.3 is 9.63 Å². The lowest BCUT2D eigenvalue weighted by molar-refractivity contribution is 0.0729. The Morgan fingerprint density at radius 3 is 2.40 bits per heavy atom. The summed E-state index contributed by atoms with van der Waals surface area (Å²) in [5.74, 6) is 0.855. The molecule has 4 heteroatoms. The zero-order valence-electron chi connectivity index (χ0n) is 10.2. The number of aliphatic hydroxyl groups excluding tert-OH is 1. The van der Waals surface area contributed by atoms with Crippen LogP contribution in [0.15, 0.2) is 4.52 Å². The Kier molecular flexibility index (Phi) is 3.52. The van der Waals surface area contributed by atoms with E-state index in [1.807, 2.05) is 34.7 Å². The molecule has 0 aliphatic heterocycles. The molecule has 4 nitrogen and oxygen atoms in total. The molecule has 0 bridgehead atoms. The zero-order valence-corrected chi connectivity index (χ0v) is 10.2. The fraction of sp³-hybridized carbons (Fsp3) is 0.727. The van der Waals surface area contributed by atoms with Crippen molar-refractivity contribution in [1.82, 2.24) is 10.1 Å². The van der Waals surface area contributed by atoms with Crippen molar-refractivity contribution < 1.29 is 9.63 Å². The molecule has 0 unspecified atom stereocenters. The lowest BCUT2D eigenvalue weighted by Crippen LogP contribution is -2.43. The lowest BCUT2D eigenvalue weighted by Gasteiger charge is -2.33. The summed E-state index contributed by atoms with van der Waals surface area (Å²) in [5, 5.41) is 13.2. The summed E-state index contributed by atoms with van der Waals surface area (Å²) in [7, 11) is 1.99. The predicted octanol–water partition coefficient (Wildman–Crippen LogP) is 1.49. The van der Waals surface area contributed by atoms with Gasteiger partial charge in [-0.15, -0.1) is 0 Å². The van der Waals surface area contributed by atoms with Crippen molar-refractivity contribution in [2.45, 2.75) is 39.8 Å². The van der Waals surface area contributed by atoms with Gasteiger partial charge in [0.25, 0.3) is 0 Å². The fourth-order valence-electron chi connectivity index (χ4n) is 1.30. The molecule has 0 aliphatic rings. The van der Waals surface area contributed by atoms with Crippen molar-refractivity contribution in [3.63, 3.8) is 0 Å². The van der Waals surface area contributed by atoms with E-state index in [1.54, 1.807) is 0 Å². The molecule has 0 amide bonds. The highest BCUT2D eigenvalue weighted by atomic mass is 16.5. The Labute approximate surface area is 90.9 Å². The van der Waals surface area contributed by atoms with Crippen molar-refractivity contribution in [3.05, 3.63) is 17.0 Å². The maximum absolute atomic E-state index is 9.25. The van der Waals surface area contributed by atoms with Gasteiger partial charge in [-0.25, -0.2) is 0 Å². The first-order valence-electron chi connectivity index (χ1n) is 5.12. The third kappa shape index (κ3) is 2.58. The van der Waals surface area contributed by atoms with Gasteiger partial charge in [0.05, 0.1) is 12.3 Å². The van der Waals surface area contributed by atoms with Crippen LogP contribution in [-0.4, -0.2) is 34.4 Å². The Morgan fingerprint density at radius 2 is 2.00 bits per heavy atom. The largest absolute Gasteiger partial charge is 0.394 e. The first-order chi connectivity index (χ1) is 6.88. The first-order valence-corrected chi connectivity index (χ1v) is 5.12. The summed E-state index contributed by atoms with van der Waals surface area (Å²) in [4.78, 5) is 2.10. The normalized spacial score (nSPS) is 12.5. The van der Waals surface area contributed by atoms with Crippen LogP contribution in [0, 0.1) is 13.8 Å². The number of hydrogen-bond donors (Lipinski definition) is 1. The van der Waals surface area contributed by atoms with E-state index in [4.69, 9.17) is 4.52 Å². The molecule has 1 aromatic rings. The summed E-state index contributed by atoms with van der Waals surface area (Å²) in [6.45, 7) is 8.73. The molecular weight excluding hydrogens is 192 g/mol. The lowest BCUT2D eigenvalue weighted by atomic mass is 10.0. The number of likely N-dealkylation sites (N-methyl/N-ethyl adjacent to an activating group) is 1. The molecule has 1 N–H and O–H groups in total. The van der Waals surface area contributed by atoms with Gasteiger partial charge in [-0.05, 0) is 34.7 Å². The first kappa shape index (κ1) is 12.2. The van der Waals surface area contributed by atoms with Crippen LogP contribution >= 0.6 is 0 Å². The fourth-order valence-corrected chi connectivity index (χ4v) is 1.30. The second-order valence-corrected chi connectivity index (χ2v) is 4.63. The Hall–Kier alpha value is -0.870. The highest BCUT2D eigenvalue weighted by molar-refractivity contribution is 5.20. The molecule has 0 spiro atoms. The molecule has 0 saturated heterocycles. The van der Waals surface area contributed by atoms with Gasteiger partial charge >= 0.3 is 0 Å². The third-order valence-corrected chi connectivity index (χ3v) is 3.00. The Bertz CT molecular complexity index is 312. The van der Waals surface area contributed by atoms with Crippen LogP contribution in [-0.2, 0) is 6.54 Å². The minimum Gasteiger partial charge on any atom is -0.394 e. The van der Waals surface area contributed by atoms with Crippen LogP contribution in [0.25, 0.3) is 0 Å². The molecule has 0 saturated carbocycles. The van der Waals surface area contributed by atoms with Crippen LogP contribution in [0.4, 0.5) is 0 Å². The average molecular weight is 212 g/mol. The zero-order chi connectivity index (χ0) is 11.6. The summed E-state index contributed by atoms with van der Waals surface area (Å²) < 4.78 is 5.10. The Morgan fingerprint density at radius 1 is 1.40 bits per heavy atom. The van der Waals surface area contributed by atoms with Gasteiger partial charge in [0.2, 0.25) is 0 Å². The molecule has 0 aliphatic carbocycles. The van der Waals surface area contributed by atoms with Gasteiger partial charge in [-0.2, -0.15) is 0 Å². The smallest absolute Gasteiger partial charge is 0.138 e. The van der Waals surface area contributed by atoms with Crippen molar-refractivity contribution in [2.75, 3.05) is 13.7 Å². The number of aliphatic hydroxyl groups is 1. The quantitative estimate of drug-likeness (QED) is 0.821. The number of aryl methyl sites for hydroxylation is 2. The molecule has 86 valence electrons. The highest BCUT2D eigenvalue weighted by Gasteiger charge is 2.24. The van der Waals surface area contributed by atoms with Crippen LogP contribution in [0.5, 0.6) is 0 Å². The van der Waals surface area contributed by atoms with E-state index < -0.39 is 0 Å². The van der Waals surface area contributed by atoms with E-state index in [1.165, 1.54) is 0 Å². The van der Waals surface area contributed by atoms with E-state index >= 15 is 0 Å². The van der Waals surface area contributed by atoms with E-state index in [9.17, 15) is 5.11 Å². The van der Waals surface area contributed by atoms with E-state index in [2.05, 4.69) is 10.1 Å². The number of rotatable bonds is 4. The van der Waals surface area contributed by atoms with Gasteiger partial charge in [0, 0.05) is 17.6 Å². The molecule has 0 atom stereocenters. The standard InChI is InChI=1S/C11H20N2O2/c1-8-10(9(2)15-12-8)6-13(5)11(3,4)7-14/h14H,6-7H2,1-5H3. The maximum Gasteiger partial charge on any atom is 0.138 e. The Balaban J connectivity index is 2.79. The third-order valence-electron chi connectivity index (χ3n) is 3.00. The molecule has 1 aromatic heterocycles. The summed E-state index contributed by atoms with van der Waals surface area (Å²) in [6.07, 6.45) is 0. The second kappa shape index (κ2) is 4.33. The van der Waals surface area contributed by atoms with Gasteiger partial charge in [-0.3, -0.25) is 4.90 Å². The van der Waals surface area contributed by atoms with E-state index in [0.29, 0.717) is 0 Å². The van der Waals surface area contributed by atoms with Crippen LogP contribution in [0.1, 0.15) is 30.9 Å².